The van der Waals surface area contributed by atoms with Crippen LogP contribution in [0.4, 0.5) is 13.2 Å². The number of aromatic nitrogens is 2. The zero-order valence-corrected chi connectivity index (χ0v) is 14.1. The lowest BCUT2D eigenvalue weighted by atomic mass is 10.2. The second-order valence-electron chi connectivity index (χ2n) is 5.83. The molecule has 0 unspecified atom stereocenters. The molecular formula is C18H18F3N3O2. The molecule has 3 rings (SSSR count). The Morgan fingerprint density at radius 1 is 1.12 bits per heavy atom. The molecule has 3 aromatic rings. The van der Waals surface area contributed by atoms with E-state index in [1.807, 2.05) is 19.1 Å². The van der Waals surface area contributed by atoms with Crippen LogP contribution in [-0.2, 0) is 13.1 Å². The van der Waals surface area contributed by atoms with Crippen molar-refractivity contribution in [1.82, 2.24) is 15.5 Å². The first-order valence-corrected chi connectivity index (χ1v) is 7.99. The Bertz CT molecular complexity index is 838. The Morgan fingerprint density at radius 3 is 2.54 bits per heavy atom. The van der Waals surface area contributed by atoms with Gasteiger partial charge >= 0.3 is 6.18 Å². The Kier molecular flexibility index (Phi) is 5.32. The van der Waals surface area contributed by atoms with E-state index in [0.717, 1.165) is 28.3 Å². The van der Waals surface area contributed by atoms with E-state index >= 15 is 0 Å². The van der Waals surface area contributed by atoms with Gasteiger partial charge in [-0.1, -0.05) is 12.1 Å². The lowest BCUT2D eigenvalue weighted by Crippen LogP contribution is -2.19. The van der Waals surface area contributed by atoms with Crippen LogP contribution in [0.3, 0.4) is 0 Å². The molecule has 8 heteroatoms. The fourth-order valence-corrected chi connectivity index (χ4v) is 2.44. The van der Waals surface area contributed by atoms with E-state index < -0.39 is 12.8 Å². The zero-order chi connectivity index (χ0) is 18.6. The normalized spacial score (nSPS) is 11.7. The highest BCUT2D eigenvalue weighted by atomic mass is 19.4. The molecule has 0 atom stereocenters. The monoisotopic (exact) mass is 365 g/mol. The van der Waals surface area contributed by atoms with Crippen molar-refractivity contribution in [2.45, 2.75) is 26.2 Å². The predicted octanol–water partition coefficient (Wildman–Crippen LogP) is 4.21. The van der Waals surface area contributed by atoms with Gasteiger partial charge in [-0.05, 0) is 36.8 Å². The number of benzene rings is 1. The van der Waals surface area contributed by atoms with E-state index in [1.54, 1.807) is 18.3 Å². The molecule has 1 aromatic carbocycles. The fraction of sp³-hybridized carbons (Fsp3) is 0.278. The topological polar surface area (TPSA) is 63.1 Å². The van der Waals surface area contributed by atoms with Crippen LogP contribution in [0.5, 0.6) is 5.75 Å². The van der Waals surface area contributed by atoms with Crippen molar-refractivity contribution < 1.29 is 22.3 Å². The Morgan fingerprint density at radius 2 is 1.88 bits per heavy atom. The number of halogens is 3. The highest BCUT2D eigenvalue weighted by Gasteiger charge is 2.28. The predicted molar refractivity (Wildman–Crippen MR) is 89.6 cm³/mol. The quantitative estimate of drug-likeness (QED) is 0.658. The molecule has 2 N–H and O–H groups in total. The van der Waals surface area contributed by atoms with E-state index in [2.05, 4.69) is 20.3 Å². The maximum atomic E-state index is 12.1. The average molecular weight is 365 g/mol. The largest absolute Gasteiger partial charge is 0.484 e. The maximum absolute atomic E-state index is 12.1. The number of furan rings is 1. The van der Waals surface area contributed by atoms with Crippen molar-refractivity contribution in [3.8, 4) is 17.2 Å². The van der Waals surface area contributed by atoms with Crippen molar-refractivity contribution in [1.29, 1.82) is 0 Å². The van der Waals surface area contributed by atoms with Crippen LogP contribution < -0.4 is 10.1 Å². The first-order chi connectivity index (χ1) is 12.4. The van der Waals surface area contributed by atoms with Crippen LogP contribution in [0.2, 0.25) is 0 Å². The summed E-state index contributed by atoms with van der Waals surface area (Å²) >= 11 is 0. The molecule has 2 aromatic heterocycles. The Labute approximate surface area is 148 Å². The van der Waals surface area contributed by atoms with Gasteiger partial charge in [-0.3, -0.25) is 5.10 Å². The molecular weight excluding hydrogens is 347 g/mol. The van der Waals surface area contributed by atoms with Crippen LogP contribution in [0.25, 0.3) is 11.5 Å². The number of nitrogens with one attached hydrogen (secondary N) is 2. The van der Waals surface area contributed by atoms with Gasteiger partial charge in [-0.15, -0.1) is 0 Å². The van der Waals surface area contributed by atoms with Crippen LogP contribution in [0.15, 0.2) is 47.0 Å². The molecule has 0 aliphatic rings. The van der Waals surface area contributed by atoms with Crippen molar-refractivity contribution >= 4 is 0 Å². The molecule has 0 aliphatic heterocycles. The molecule has 5 nitrogen and oxygen atoms in total. The summed E-state index contributed by atoms with van der Waals surface area (Å²) < 4.78 is 46.7. The second-order valence-corrected chi connectivity index (χ2v) is 5.83. The number of ether oxygens (including phenoxy) is 1. The van der Waals surface area contributed by atoms with Crippen LogP contribution >= 0.6 is 0 Å². The van der Waals surface area contributed by atoms with Crippen molar-refractivity contribution in [3.63, 3.8) is 0 Å². The zero-order valence-electron chi connectivity index (χ0n) is 14.1. The molecule has 2 heterocycles. The molecule has 0 amide bonds. The van der Waals surface area contributed by atoms with Gasteiger partial charge in [0.1, 0.15) is 17.2 Å². The fourth-order valence-electron chi connectivity index (χ4n) is 2.44. The summed E-state index contributed by atoms with van der Waals surface area (Å²) in [6.45, 7) is 1.71. The summed E-state index contributed by atoms with van der Waals surface area (Å²) in [5.41, 5.74) is 2.72. The van der Waals surface area contributed by atoms with Crippen molar-refractivity contribution in [2.24, 2.45) is 0 Å². The van der Waals surface area contributed by atoms with E-state index in [-0.39, 0.29) is 5.75 Å². The number of nitrogens with zero attached hydrogens (tertiary/aromatic N) is 1. The maximum Gasteiger partial charge on any atom is 0.422 e. The van der Waals surface area contributed by atoms with Gasteiger partial charge in [-0.25, -0.2) is 0 Å². The molecule has 0 spiro atoms. The lowest BCUT2D eigenvalue weighted by molar-refractivity contribution is -0.153. The van der Waals surface area contributed by atoms with Crippen LogP contribution in [-0.4, -0.2) is 23.0 Å². The Balaban J connectivity index is 1.52. The first kappa shape index (κ1) is 18.1. The van der Waals surface area contributed by atoms with E-state index in [0.29, 0.717) is 13.1 Å². The number of aromatic amines is 1. The summed E-state index contributed by atoms with van der Waals surface area (Å²) in [6, 6.07) is 10.3. The SMILES string of the molecule is Cc1ccc(-c2[nH]ncc2CNCc2ccc(OCC(F)(F)F)cc2)o1. The summed E-state index contributed by atoms with van der Waals surface area (Å²) in [4.78, 5) is 0. The molecule has 138 valence electrons. The summed E-state index contributed by atoms with van der Waals surface area (Å²) in [5.74, 6) is 1.74. The second kappa shape index (κ2) is 7.65. The smallest absolute Gasteiger partial charge is 0.422 e. The van der Waals surface area contributed by atoms with Crippen molar-refractivity contribution in [2.75, 3.05) is 6.61 Å². The molecule has 26 heavy (non-hydrogen) atoms. The van der Waals surface area contributed by atoms with E-state index in [4.69, 9.17) is 4.42 Å². The molecule has 0 saturated heterocycles. The number of hydrogen-bond donors (Lipinski definition) is 2. The Hall–Kier alpha value is -2.74. The van der Waals surface area contributed by atoms with Crippen molar-refractivity contribution in [3.05, 3.63) is 59.5 Å². The number of H-pyrrole nitrogens is 1. The summed E-state index contributed by atoms with van der Waals surface area (Å²) in [5, 5.41) is 10.3. The third kappa shape index (κ3) is 4.89. The van der Waals surface area contributed by atoms with Gasteiger partial charge in [0, 0.05) is 18.7 Å². The van der Waals surface area contributed by atoms with Gasteiger partial charge in [0.25, 0.3) is 0 Å². The van der Waals surface area contributed by atoms with Gasteiger partial charge in [0.05, 0.1) is 6.20 Å². The highest BCUT2D eigenvalue weighted by molar-refractivity contribution is 5.56. The number of aryl methyl sites for hydroxylation is 1. The minimum absolute atomic E-state index is 0.191. The third-order valence-electron chi connectivity index (χ3n) is 3.68. The number of rotatable bonds is 7. The molecule has 0 aliphatic carbocycles. The molecule has 0 saturated carbocycles. The van der Waals surface area contributed by atoms with E-state index in [9.17, 15) is 13.2 Å². The summed E-state index contributed by atoms with van der Waals surface area (Å²) in [7, 11) is 0. The van der Waals surface area contributed by atoms with Gasteiger partial charge in [0.2, 0.25) is 0 Å². The lowest BCUT2D eigenvalue weighted by Gasteiger charge is -2.10. The van der Waals surface area contributed by atoms with Gasteiger partial charge in [0.15, 0.2) is 12.4 Å². The van der Waals surface area contributed by atoms with Crippen LogP contribution in [0, 0.1) is 6.92 Å². The highest BCUT2D eigenvalue weighted by Crippen LogP contribution is 2.23. The molecule has 0 radical (unpaired) electrons. The minimum atomic E-state index is -4.34. The van der Waals surface area contributed by atoms with Gasteiger partial charge in [-0.2, -0.15) is 18.3 Å². The number of hydrogen-bond acceptors (Lipinski definition) is 4. The van der Waals surface area contributed by atoms with Gasteiger partial charge < -0.3 is 14.5 Å². The number of alkyl halides is 3. The molecule has 0 bridgehead atoms. The summed E-state index contributed by atoms with van der Waals surface area (Å²) in [6.07, 6.45) is -2.61. The minimum Gasteiger partial charge on any atom is -0.484 e. The average Bonchev–Trinajstić information content (AvgIpc) is 3.22. The van der Waals surface area contributed by atoms with E-state index in [1.165, 1.54) is 12.1 Å². The standard InChI is InChI=1S/C18H18F3N3O2/c1-12-2-7-16(26-12)17-14(10-23-24-17)9-22-8-13-3-5-15(6-4-13)25-11-18(19,20)21/h2-7,10,22H,8-9,11H2,1H3,(H,23,24). The molecule has 0 fully saturated rings. The van der Waals surface area contributed by atoms with Crippen LogP contribution in [0.1, 0.15) is 16.9 Å². The third-order valence-corrected chi connectivity index (χ3v) is 3.68. The first-order valence-electron chi connectivity index (χ1n) is 7.99.